The fraction of sp³-hybridized carbons (Fsp3) is 0.0526. The molecule has 0 fully saturated rings. The Morgan fingerprint density at radius 1 is 0.714 bits per heavy atom. The minimum absolute atomic E-state index is 0.868. The Kier molecular flexibility index (Phi) is 2.68. The van der Waals surface area contributed by atoms with Gasteiger partial charge in [-0.1, -0.05) is 48.5 Å². The Morgan fingerprint density at radius 2 is 1.43 bits per heavy atom. The lowest BCUT2D eigenvalue weighted by atomic mass is 9.98. The maximum Gasteiger partial charge on any atom is 0.151 e. The Labute approximate surface area is 124 Å². The van der Waals surface area contributed by atoms with E-state index in [0.29, 0.717) is 0 Å². The third kappa shape index (κ3) is 1.96. The van der Waals surface area contributed by atoms with E-state index in [0.717, 1.165) is 22.9 Å². The molecule has 2 nitrogen and oxygen atoms in total. The van der Waals surface area contributed by atoms with Gasteiger partial charge in [0, 0.05) is 5.56 Å². The molecule has 0 saturated heterocycles. The van der Waals surface area contributed by atoms with E-state index in [4.69, 9.17) is 4.74 Å². The highest BCUT2D eigenvalue weighted by atomic mass is 16.5. The predicted molar refractivity (Wildman–Crippen MR) is 86.4 cm³/mol. The Bertz CT molecular complexity index is 823. The first-order valence-electron chi connectivity index (χ1n) is 7.06. The highest BCUT2D eigenvalue weighted by Gasteiger charge is 2.19. The van der Waals surface area contributed by atoms with Crippen LogP contribution in [0.3, 0.4) is 0 Å². The first kappa shape index (κ1) is 12.0. The molecule has 2 heteroatoms. The number of anilines is 2. The van der Waals surface area contributed by atoms with Gasteiger partial charge in [-0.3, -0.25) is 0 Å². The second-order valence-electron chi connectivity index (χ2n) is 5.22. The van der Waals surface area contributed by atoms with Crippen LogP contribution in [-0.4, -0.2) is 0 Å². The average molecular weight is 273 g/mol. The second-order valence-corrected chi connectivity index (χ2v) is 5.22. The molecule has 0 unspecified atom stereocenters. The van der Waals surface area contributed by atoms with Gasteiger partial charge in [-0.2, -0.15) is 0 Å². The van der Waals surface area contributed by atoms with E-state index in [-0.39, 0.29) is 0 Å². The molecule has 0 amide bonds. The van der Waals surface area contributed by atoms with Crippen LogP contribution in [0.2, 0.25) is 0 Å². The molecule has 1 aliphatic rings. The third-order valence-corrected chi connectivity index (χ3v) is 3.83. The van der Waals surface area contributed by atoms with Gasteiger partial charge in [-0.05, 0) is 36.2 Å². The summed E-state index contributed by atoms with van der Waals surface area (Å²) in [5.74, 6) is 1.74. The topological polar surface area (TPSA) is 21.3 Å². The monoisotopic (exact) mass is 273 g/mol. The fourth-order valence-corrected chi connectivity index (χ4v) is 2.76. The van der Waals surface area contributed by atoms with Crippen molar-refractivity contribution in [2.75, 3.05) is 5.32 Å². The van der Waals surface area contributed by atoms with Crippen molar-refractivity contribution in [1.82, 2.24) is 0 Å². The lowest BCUT2D eigenvalue weighted by molar-refractivity contribution is 0.481. The summed E-state index contributed by atoms with van der Waals surface area (Å²) < 4.78 is 6.02. The van der Waals surface area contributed by atoms with E-state index in [2.05, 4.69) is 42.6 Å². The van der Waals surface area contributed by atoms with Crippen LogP contribution in [0.25, 0.3) is 11.1 Å². The van der Waals surface area contributed by atoms with Gasteiger partial charge in [0.1, 0.15) is 0 Å². The first-order chi connectivity index (χ1) is 10.3. The predicted octanol–water partition coefficient (Wildman–Crippen LogP) is 5.51. The number of nitrogens with one attached hydrogen (secondary N) is 1. The maximum atomic E-state index is 6.02. The van der Waals surface area contributed by atoms with Gasteiger partial charge in [-0.25, -0.2) is 0 Å². The molecule has 0 aliphatic carbocycles. The van der Waals surface area contributed by atoms with Crippen molar-refractivity contribution >= 4 is 11.4 Å². The molecular formula is C19H15NO. The van der Waals surface area contributed by atoms with Crippen molar-refractivity contribution in [1.29, 1.82) is 0 Å². The standard InChI is InChI=1S/C19H15NO/c1-13-7-2-3-8-14(13)15-9-6-12-18-19(15)20-16-10-4-5-11-17(16)21-18/h2-12,20H,1H3. The minimum atomic E-state index is 0.868. The molecule has 21 heavy (non-hydrogen) atoms. The summed E-state index contributed by atoms with van der Waals surface area (Å²) >= 11 is 0. The van der Waals surface area contributed by atoms with Gasteiger partial charge >= 0.3 is 0 Å². The van der Waals surface area contributed by atoms with Crippen LogP contribution in [0, 0.1) is 6.92 Å². The van der Waals surface area contributed by atoms with E-state index in [1.54, 1.807) is 0 Å². The zero-order valence-electron chi connectivity index (χ0n) is 11.8. The van der Waals surface area contributed by atoms with Crippen molar-refractivity contribution < 1.29 is 4.74 Å². The number of para-hydroxylation sites is 3. The van der Waals surface area contributed by atoms with E-state index in [9.17, 15) is 0 Å². The van der Waals surface area contributed by atoms with Gasteiger partial charge in [0.05, 0.1) is 11.4 Å². The summed E-state index contributed by atoms with van der Waals surface area (Å²) in [6.07, 6.45) is 0. The number of benzene rings is 3. The molecule has 1 heterocycles. The quantitative estimate of drug-likeness (QED) is 0.493. The highest BCUT2D eigenvalue weighted by Crippen LogP contribution is 2.46. The van der Waals surface area contributed by atoms with Crippen LogP contribution >= 0.6 is 0 Å². The van der Waals surface area contributed by atoms with Crippen molar-refractivity contribution in [3.05, 3.63) is 72.3 Å². The summed E-state index contributed by atoms with van der Waals surface area (Å²) in [5, 5.41) is 3.51. The molecule has 0 spiro atoms. The molecule has 0 saturated carbocycles. The normalized spacial score (nSPS) is 11.9. The lowest BCUT2D eigenvalue weighted by Crippen LogP contribution is -2.04. The smallest absolute Gasteiger partial charge is 0.151 e. The molecule has 0 radical (unpaired) electrons. The molecule has 0 bridgehead atoms. The number of aryl methyl sites for hydroxylation is 1. The van der Waals surface area contributed by atoms with E-state index in [1.807, 2.05) is 36.4 Å². The van der Waals surface area contributed by atoms with E-state index in [1.165, 1.54) is 16.7 Å². The molecule has 0 atom stereocenters. The zero-order chi connectivity index (χ0) is 14.2. The minimum Gasteiger partial charge on any atom is -0.453 e. The molecular weight excluding hydrogens is 258 g/mol. The average Bonchev–Trinajstić information content (AvgIpc) is 2.53. The Balaban J connectivity index is 1.89. The largest absolute Gasteiger partial charge is 0.453 e. The van der Waals surface area contributed by atoms with Crippen LogP contribution in [0.15, 0.2) is 66.7 Å². The summed E-state index contributed by atoms with van der Waals surface area (Å²) in [5.41, 5.74) is 5.69. The maximum absolute atomic E-state index is 6.02. The van der Waals surface area contributed by atoms with E-state index < -0.39 is 0 Å². The molecule has 4 rings (SSSR count). The molecule has 3 aromatic carbocycles. The fourth-order valence-electron chi connectivity index (χ4n) is 2.76. The van der Waals surface area contributed by atoms with E-state index >= 15 is 0 Å². The second kappa shape index (κ2) is 4.67. The van der Waals surface area contributed by atoms with Crippen LogP contribution < -0.4 is 10.1 Å². The Morgan fingerprint density at radius 3 is 2.33 bits per heavy atom. The molecule has 3 aromatic rings. The highest BCUT2D eigenvalue weighted by molar-refractivity contribution is 5.89. The first-order valence-corrected chi connectivity index (χ1v) is 7.06. The van der Waals surface area contributed by atoms with Crippen LogP contribution in [0.5, 0.6) is 11.5 Å². The molecule has 1 aliphatic heterocycles. The number of ether oxygens (including phenoxy) is 1. The van der Waals surface area contributed by atoms with Gasteiger partial charge in [0.2, 0.25) is 0 Å². The number of hydrogen-bond donors (Lipinski definition) is 1. The third-order valence-electron chi connectivity index (χ3n) is 3.83. The summed E-state index contributed by atoms with van der Waals surface area (Å²) in [4.78, 5) is 0. The van der Waals surface area contributed by atoms with Crippen LogP contribution in [-0.2, 0) is 0 Å². The van der Waals surface area contributed by atoms with Crippen molar-refractivity contribution in [3.8, 4) is 22.6 Å². The molecule has 1 N–H and O–H groups in total. The SMILES string of the molecule is Cc1ccccc1-c1cccc2c1Nc1ccccc1O2. The summed E-state index contributed by atoms with van der Waals surface area (Å²) in [6.45, 7) is 2.13. The number of rotatable bonds is 1. The Hall–Kier alpha value is -2.74. The van der Waals surface area contributed by atoms with Gasteiger partial charge < -0.3 is 10.1 Å². The van der Waals surface area contributed by atoms with Crippen molar-refractivity contribution in [2.45, 2.75) is 6.92 Å². The molecule has 102 valence electrons. The lowest BCUT2D eigenvalue weighted by Gasteiger charge is -2.24. The van der Waals surface area contributed by atoms with Crippen LogP contribution in [0.1, 0.15) is 5.56 Å². The van der Waals surface area contributed by atoms with Gasteiger partial charge in [0.25, 0.3) is 0 Å². The molecule has 0 aromatic heterocycles. The van der Waals surface area contributed by atoms with Crippen LogP contribution in [0.4, 0.5) is 11.4 Å². The number of hydrogen-bond acceptors (Lipinski definition) is 2. The summed E-state index contributed by atoms with van der Waals surface area (Å²) in [6, 6.07) is 22.6. The zero-order valence-corrected chi connectivity index (χ0v) is 11.8. The summed E-state index contributed by atoms with van der Waals surface area (Å²) in [7, 11) is 0. The van der Waals surface area contributed by atoms with Gasteiger partial charge in [0.15, 0.2) is 11.5 Å². The van der Waals surface area contributed by atoms with Crippen molar-refractivity contribution in [2.24, 2.45) is 0 Å². The van der Waals surface area contributed by atoms with Crippen molar-refractivity contribution in [3.63, 3.8) is 0 Å². The van der Waals surface area contributed by atoms with Gasteiger partial charge in [-0.15, -0.1) is 0 Å². The number of fused-ring (bicyclic) bond motifs is 2.